The number of thioether (sulfide) groups is 1. The van der Waals surface area contributed by atoms with Crippen molar-refractivity contribution in [3.05, 3.63) is 23.9 Å². The van der Waals surface area contributed by atoms with E-state index in [0.29, 0.717) is 5.56 Å². The number of hydrogen-bond acceptors (Lipinski definition) is 8. The van der Waals surface area contributed by atoms with E-state index in [2.05, 4.69) is 19.5 Å². The van der Waals surface area contributed by atoms with Gasteiger partial charge in [0.05, 0.1) is 0 Å². The van der Waals surface area contributed by atoms with Crippen molar-refractivity contribution in [1.29, 1.82) is 0 Å². The summed E-state index contributed by atoms with van der Waals surface area (Å²) in [4.78, 5) is 18.2. The standard InChI is InChI=1S/C10H11F3N4O4S2.CHF3O3S/c1-22-8(14)17-9(18)16-5-6-2-3-7(15-4-6)21-23(19,20)10(11,12)13;2-1(3,4)8(5,6)7/h2-4H,5H2,1H3,(H3,14,16,17,18);(H,5,6,7). The maximum absolute atomic E-state index is 12.1. The summed E-state index contributed by atoms with van der Waals surface area (Å²) >= 11 is 1.07. The second-order valence-electron chi connectivity index (χ2n) is 4.72. The van der Waals surface area contributed by atoms with Crippen LogP contribution in [-0.2, 0) is 26.8 Å². The highest BCUT2D eigenvalue weighted by atomic mass is 32.2. The van der Waals surface area contributed by atoms with E-state index in [1.54, 1.807) is 6.26 Å². The van der Waals surface area contributed by atoms with Crippen LogP contribution >= 0.6 is 11.8 Å². The molecule has 20 heteroatoms. The number of nitrogens with one attached hydrogen (secondary N) is 1. The molecule has 0 aliphatic carbocycles. The van der Waals surface area contributed by atoms with Crippen LogP contribution in [0.25, 0.3) is 0 Å². The summed E-state index contributed by atoms with van der Waals surface area (Å²) in [7, 11) is -11.6. The molecule has 0 unspecified atom stereocenters. The molecule has 0 aliphatic heterocycles. The third-order valence-electron chi connectivity index (χ3n) is 2.43. The molecule has 1 aromatic heterocycles. The molecular formula is C11H12F6N4O7S3. The van der Waals surface area contributed by atoms with Gasteiger partial charge in [0, 0.05) is 18.8 Å². The Morgan fingerprint density at radius 1 is 1.19 bits per heavy atom. The fourth-order valence-electron chi connectivity index (χ4n) is 1.09. The van der Waals surface area contributed by atoms with Crippen LogP contribution in [0.15, 0.2) is 23.3 Å². The van der Waals surface area contributed by atoms with Crippen LogP contribution in [0.4, 0.5) is 31.1 Å². The van der Waals surface area contributed by atoms with Crippen LogP contribution in [0, 0.1) is 0 Å². The number of amidine groups is 1. The van der Waals surface area contributed by atoms with Gasteiger partial charge in [0.1, 0.15) is 0 Å². The van der Waals surface area contributed by atoms with Crippen molar-refractivity contribution in [2.45, 2.75) is 17.6 Å². The summed E-state index contributed by atoms with van der Waals surface area (Å²) in [5.41, 5.74) is -5.37. The fourth-order valence-corrected chi connectivity index (χ4v) is 1.68. The lowest BCUT2D eigenvalue weighted by Crippen LogP contribution is -2.28. The highest BCUT2D eigenvalue weighted by molar-refractivity contribution is 8.13. The zero-order valence-corrected chi connectivity index (χ0v) is 17.2. The number of aromatic nitrogens is 1. The first-order valence-electron chi connectivity index (χ1n) is 6.95. The van der Waals surface area contributed by atoms with Crippen LogP contribution in [-0.4, -0.2) is 54.8 Å². The molecule has 4 N–H and O–H groups in total. The predicted octanol–water partition coefficient (Wildman–Crippen LogP) is 1.59. The first-order valence-corrected chi connectivity index (χ1v) is 11.0. The lowest BCUT2D eigenvalue weighted by Gasteiger charge is -2.09. The van der Waals surface area contributed by atoms with Gasteiger partial charge in [0.2, 0.25) is 5.88 Å². The molecule has 1 rings (SSSR count). The van der Waals surface area contributed by atoms with Crippen LogP contribution in [0.3, 0.4) is 0 Å². The molecular weight excluding hydrogens is 510 g/mol. The molecule has 11 nitrogen and oxygen atoms in total. The molecule has 0 atom stereocenters. The van der Waals surface area contributed by atoms with Gasteiger partial charge in [-0.2, -0.15) is 48.2 Å². The molecule has 0 radical (unpaired) electrons. The first-order chi connectivity index (χ1) is 13.8. The molecule has 0 saturated heterocycles. The number of pyridine rings is 1. The summed E-state index contributed by atoms with van der Waals surface area (Å²) in [5, 5.41) is 2.41. The molecule has 0 saturated carbocycles. The number of amides is 2. The average molecular weight is 522 g/mol. The van der Waals surface area contributed by atoms with E-state index in [1.165, 1.54) is 6.07 Å². The van der Waals surface area contributed by atoms with Gasteiger partial charge in [0.15, 0.2) is 5.17 Å². The molecule has 2 amide bonds. The quantitative estimate of drug-likeness (QED) is 0.131. The van der Waals surface area contributed by atoms with E-state index in [9.17, 15) is 39.6 Å². The number of nitrogens with two attached hydrogens (primary N) is 1. The maximum Gasteiger partial charge on any atom is 0.534 e. The van der Waals surface area contributed by atoms with E-state index < -0.39 is 43.2 Å². The molecule has 0 spiro atoms. The van der Waals surface area contributed by atoms with Crippen LogP contribution in [0.1, 0.15) is 5.56 Å². The second kappa shape index (κ2) is 10.8. The number of halogens is 6. The Bertz CT molecular complexity index is 992. The molecule has 0 bridgehead atoms. The molecule has 1 heterocycles. The van der Waals surface area contributed by atoms with Gasteiger partial charge < -0.3 is 15.2 Å². The smallest absolute Gasteiger partial charge is 0.378 e. The van der Waals surface area contributed by atoms with E-state index >= 15 is 0 Å². The van der Waals surface area contributed by atoms with Crippen molar-refractivity contribution in [3.8, 4) is 5.88 Å². The van der Waals surface area contributed by atoms with Gasteiger partial charge in [-0.3, -0.25) is 4.55 Å². The number of aliphatic imine (C=N–C) groups is 1. The van der Waals surface area contributed by atoms with Crippen LogP contribution < -0.4 is 15.2 Å². The minimum atomic E-state index is -5.84. The number of carbonyl (C=O) groups excluding carboxylic acids is 1. The maximum atomic E-state index is 12.1. The molecule has 178 valence electrons. The lowest BCUT2D eigenvalue weighted by atomic mass is 10.3. The summed E-state index contributed by atoms with van der Waals surface area (Å²) < 4.78 is 119. The molecule has 1 aromatic rings. The first kappa shape index (κ1) is 28.7. The molecule has 31 heavy (non-hydrogen) atoms. The zero-order valence-electron chi connectivity index (χ0n) is 14.8. The van der Waals surface area contributed by atoms with Crippen molar-refractivity contribution in [3.63, 3.8) is 0 Å². The minimum Gasteiger partial charge on any atom is -0.378 e. The highest BCUT2D eigenvalue weighted by Crippen LogP contribution is 2.26. The second-order valence-corrected chi connectivity index (χ2v) is 8.50. The largest absolute Gasteiger partial charge is 0.534 e. The monoisotopic (exact) mass is 522 g/mol. The zero-order chi connectivity index (χ0) is 24.7. The summed E-state index contributed by atoms with van der Waals surface area (Å²) in [6, 6.07) is 1.44. The van der Waals surface area contributed by atoms with E-state index in [-0.39, 0.29) is 11.7 Å². The minimum absolute atomic E-state index is 0.0384. The van der Waals surface area contributed by atoms with E-state index in [4.69, 9.17) is 18.7 Å². The number of urea groups is 1. The number of carbonyl (C=O) groups is 1. The SMILES string of the molecule is CS/C(N)=N/C(=O)NCc1ccc(OS(=O)(=O)C(F)(F)F)nc1.O=S(=O)(O)C(F)(F)F. The lowest BCUT2D eigenvalue weighted by molar-refractivity contribution is -0.0512. The Balaban J connectivity index is 0.000000954. The number of alkyl halides is 6. The van der Waals surface area contributed by atoms with Crippen molar-refractivity contribution in [1.82, 2.24) is 10.3 Å². The third-order valence-corrected chi connectivity index (χ3v) is 4.48. The number of rotatable bonds is 4. The Labute approximate surface area is 174 Å². The van der Waals surface area contributed by atoms with Gasteiger partial charge in [-0.25, -0.2) is 9.78 Å². The summed E-state index contributed by atoms with van der Waals surface area (Å²) in [6.45, 7) is -0.0384. The molecule has 0 fully saturated rings. The van der Waals surface area contributed by atoms with Crippen molar-refractivity contribution in [2.24, 2.45) is 10.7 Å². The van der Waals surface area contributed by atoms with Gasteiger partial charge >= 0.3 is 37.3 Å². The van der Waals surface area contributed by atoms with E-state index in [1.807, 2.05) is 0 Å². The molecule has 0 aromatic carbocycles. The Kier molecular flexibility index (Phi) is 10.0. The van der Waals surface area contributed by atoms with Crippen LogP contribution in [0.5, 0.6) is 5.88 Å². The topological polar surface area (TPSA) is 178 Å². The number of nitrogens with zero attached hydrogens (tertiary/aromatic N) is 2. The Morgan fingerprint density at radius 2 is 1.71 bits per heavy atom. The fraction of sp³-hybridized carbons (Fsp3) is 0.364. The predicted molar refractivity (Wildman–Crippen MR) is 94.8 cm³/mol. The third kappa shape index (κ3) is 10.5. The Morgan fingerprint density at radius 3 is 2.06 bits per heavy atom. The van der Waals surface area contributed by atoms with Crippen molar-refractivity contribution in [2.75, 3.05) is 6.26 Å². The molecule has 0 aliphatic rings. The average Bonchev–Trinajstić information content (AvgIpc) is 2.58. The normalized spacial score (nSPS) is 13.1. The van der Waals surface area contributed by atoms with Gasteiger partial charge in [-0.1, -0.05) is 17.8 Å². The van der Waals surface area contributed by atoms with E-state index in [0.717, 1.165) is 24.0 Å². The van der Waals surface area contributed by atoms with Gasteiger partial charge in [-0.15, -0.1) is 0 Å². The summed E-state index contributed by atoms with van der Waals surface area (Å²) in [6.07, 6.45) is 2.67. The van der Waals surface area contributed by atoms with Gasteiger partial charge in [0.25, 0.3) is 0 Å². The highest BCUT2D eigenvalue weighted by Gasteiger charge is 2.48. The summed E-state index contributed by atoms with van der Waals surface area (Å²) in [5.74, 6) is -0.748. The number of hydrogen-bond donors (Lipinski definition) is 3. The van der Waals surface area contributed by atoms with Crippen molar-refractivity contribution < 1.29 is 56.7 Å². The van der Waals surface area contributed by atoms with Gasteiger partial charge in [-0.05, 0) is 11.8 Å². The Hall–Kier alpha value is -2.32. The van der Waals surface area contributed by atoms with Crippen LogP contribution in [0.2, 0.25) is 0 Å². The van der Waals surface area contributed by atoms with Crippen molar-refractivity contribution >= 4 is 43.2 Å².